The van der Waals surface area contributed by atoms with Crippen molar-refractivity contribution in [2.24, 2.45) is 0 Å². The van der Waals surface area contributed by atoms with Crippen LogP contribution in [0.4, 0.5) is 4.79 Å². The molecule has 50 heavy (non-hydrogen) atoms. The van der Waals surface area contributed by atoms with Gasteiger partial charge in [0.1, 0.15) is 6.54 Å². The molecule has 0 bridgehead atoms. The summed E-state index contributed by atoms with van der Waals surface area (Å²) in [6.07, 6.45) is -1.08. The minimum absolute atomic E-state index is 0.0270. The maximum absolute atomic E-state index is 12.3. The lowest BCUT2D eigenvalue weighted by atomic mass is 9.97. The third-order valence-corrected chi connectivity index (χ3v) is 9.05. The first-order valence-electron chi connectivity index (χ1n) is 17.0. The Morgan fingerprint density at radius 1 is 0.900 bits per heavy atom. The second kappa shape index (κ2) is 17.9. The molecule has 0 aliphatic carbocycles. The molecule has 0 unspecified atom stereocenters. The Bertz CT molecular complexity index is 1670. The van der Waals surface area contributed by atoms with Crippen molar-refractivity contribution in [3.05, 3.63) is 131 Å². The molecular weight excluding hydrogens is 634 g/mol. The highest BCUT2D eigenvalue weighted by atomic mass is 16.7. The minimum atomic E-state index is -0.650. The molecule has 10 heteroatoms. The average molecular weight is 682 g/mol. The Morgan fingerprint density at radius 2 is 1.58 bits per heavy atom. The van der Waals surface area contributed by atoms with E-state index in [2.05, 4.69) is 15.5 Å². The van der Waals surface area contributed by atoms with Gasteiger partial charge in [-0.3, -0.25) is 9.69 Å². The second-order valence-corrected chi connectivity index (χ2v) is 12.5. The molecule has 10 nitrogen and oxygen atoms in total. The largest absolute Gasteiger partial charge is 0.465 e. The molecule has 1 aliphatic heterocycles. The van der Waals surface area contributed by atoms with Crippen LogP contribution in [0.15, 0.2) is 103 Å². The maximum atomic E-state index is 12.3. The summed E-state index contributed by atoms with van der Waals surface area (Å²) in [7, 11) is 2.00. The number of ether oxygens (including phenoxy) is 3. The monoisotopic (exact) mass is 681 g/mol. The highest BCUT2D eigenvalue weighted by Crippen LogP contribution is 2.39. The standard InChI is InChI=1S/C40H47N3O7/c1-4-48-37(45)24-42-40(47)41-23-33-12-8-9-13-35(33)29-18-20-32(21-19-29)39-49-34(22-36(50-39)30-16-14-28(26-44)15-17-30)25-43(3)27(2)38(46)31-10-6-5-7-11-31/h5-21,27,34,36,38-39,44,46H,4,22-26H2,1-3H3,(H2,41,42,47)/t27-,34+,36-,38-,39-/m1/s1. The van der Waals surface area contributed by atoms with Gasteiger partial charge in [0.2, 0.25) is 0 Å². The van der Waals surface area contributed by atoms with Crippen LogP contribution in [0.5, 0.6) is 0 Å². The number of urea groups is 1. The minimum Gasteiger partial charge on any atom is -0.465 e. The number of rotatable bonds is 14. The molecule has 1 saturated heterocycles. The number of nitrogens with one attached hydrogen (secondary N) is 2. The summed E-state index contributed by atoms with van der Waals surface area (Å²) in [5.74, 6) is -0.491. The number of aliphatic hydroxyl groups excluding tert-OH is 2. The molecular formula is C40H47N3O7. The summed E-state index contributed by atoms with van der Waals surface area (Å²) in [5.41, 5.74) is 6.41. The van der Waals surface area contributed by atoms with Crippen LogP contribution in [0.2, 0.25) is 0 Å². The van der Waals surface area contributed by atoms with Crippen molar-refractivity contribution in [1.82, 2.24) is 15.5 Å². The molecule has 4 aromatic rings. The average Bonchev–Trinajstić information content (AvgIpc) is 3.16. The third kappa shape index (κ3) is 9.77. The summed E-state index contributed by atoms with van der Waals surface area (Å²) >= 11 is 0. The molecule has 5 rings (SSSR count). The molecule has 0 spiro atoms. The van der Waals surface area contributed by atoms with Crippen LogP contribution >= 0.6 is 0 Å². The van der Waals surface area contributed by atoms with Crippen LogP contribution in [0.1, 0.15) is 66.6 Å². The van der Waals surface area contributed by atoms with Gasteiger partial charge in [-0.05, 0) is 54.3 Å². The lowest BCUT2D eigenvalue weighted by Crippen LogP contribution is -2.43. The number of carbonyl (C=O) groups excluding carboxylic acids is 2. The summed E-state index contributed by atoms with van der Waals surface area (Å²) < 4.78 is 18.0. The lowest BCUT2D eigenvalue weighted by molar-refractivity contribution is -0.253. The zero-order valence-corrected chi connectivity index (χ0v) is 28.8. The zero-order valence-electron chi connectivity index (χ0n) is 28.8. The van der Waals surface area contributed by atoms with Crippen molar-refractivity contribution >= 4 is 12.0 Å². The zero-order chi connectivity index (χ0) is 35.5. The van der Waals surface area contributed by atoms with Crippen molar-refractivity contribution in [2.45, 2.75) is 64.1 Å². The Kier molecular flexibility index (Phi) is 13.1. The van der Waals surface area contributed by atoms with E-state index in [1.165, 1.54) is 0 Å². The van der Waals surface area contributed by atoms with Crippen molar-refractivity contribution in [3.63, 3.8) is 0 Å². The molecule has 1 fully saturated rings. The number of esters is 1. The van der Waals surface area contributed by atoms with E-state index >= 15 is 0 Å². The fourth-order valence-electron chi connectivity index (χ4n) is 6.07. The fourth-order valence-corrected chi connectivity index (χ4v) is 6.07. The summed E-state index contributed by atoms with van der Waals surface area (Å²) in [6, 6.07) is 32.7. The van der Waals surface area contributed by atoms with E-state index in [0.717, 1.165) is 38.9 Å². The van der Waals surface area contributed by atoms with Crippen molar-refractivity contribution in [1.29, 1.82) is 0 Å². The van der Waals surface area contributed by atoms with Crippen LogP contribution in [-0.4, -0.2) is 66.0 Å². The topological polar surface area (TPSA) is 130 Å². The van der Waals surface area contributed by atoms with Crippen LogP contribution in [0.3, 0.4) is 0 Å². The number of hydrogen-bond donors (Lipinski definition) is 4. The number of amides is 2. The maximum Gasteiger partial charge on any atom is 0.325 e. The Hall–Kier alpha value is -4.58. The fraction of sp³-hybridized carbons (Fsp3) is 0.350. The van der Waals surface area contributed by atoms with Gasteiger partial charge in [-0.2, -0.15) is 0 Å². The van der Waals surface area contributed by atoms with Crippen molar-refractivity contribution in [3.8, 4) is 11.1 Å². The van der Waals surface area contributed by atoms with Gasteiger partial charge in [0.25, 0.3) is 0 Å². The lowest BCUT2D eigenvalue weighted by Gasteiger charge is -2.39. The smallest absolute Gasteiger partial charge is 0.325 e. The predicted octanol–water partition coefficient (Wildman–Crippen LogP) is 5.81. The Labute approximate surface area is 294 Å². The van der Waals surface area contributed by atoms with Gasteiger partial charge in [0.15, 0.2) is 6.29 Å². The quantitative estimate of drug-likeness (QED) is 0.123. The molecule has 4 N–H and O–H groups in total. The van der Waals surface area contributed by atoms with Gasteiger partial charge in [0.05, 0.1) is 31.5 Å². The van der Waals surface area contributed by atoms with Crippen LogP contribution in [-0.2, 0) is 32.2 Å². The Balaban J connectivity index is 1.30. The Morgan fingerprint density at radius 3 is 2.28 bits per heavy atom. The highest BCUT2D eigenvalue weighted by molar-refractivity contribution is 5.81. The van der Waals surface area contributed by atoms with E-state index in [1.807, 2.05) is 117 Å². The third-order valence-electron chi connectivity index (χ3n) is 9.05. The van der Waals surface area contributed by atoms with E-state index in [1.54, 1.807) is 6.92 Å². The number of carbonyl (C=O) groups is 2. The SMILES string of the molecule is CCOC(=O)CNC(=O)NCc1ccccc1-c1ccc([C@@H]2O[C@H](CN(C)[C@H](C)[C@@H](O)c3ccccc3)C[C@H](c3ccc(CO)cc3)O2)cc1. The first kappa shape index (κ1) is 36.7. The van der Waals surface area contributed by atoms with Gasteiger partial charge in [-0.1, -0.05) is 103 Å². The van der Waals surface area contributed by atoms with Crippen LogP contribution in [0, 0.1) is 0 Å². The first-order valence-corrected chi connectivity index (χ1v) is 17.0. The van der Waals surface area contributed by atoms with E-state index < -0.39 is 24.4 Å². The molecule has 1 heterocycles. The summed E-state index contributed by atoms with van der Waals surface area (Å²) in [6.45, 7) is 4.61. The number of hydrogen-bond acceptors (Lipinski definition) is 8. The van der Waals surface area contributed by atoms with Crippen LogP contribution in [0.25, 0.3) is 11.1 Å². The molecule has 1 aliphatic rings. The van der Waals surface area contributed by atoms with Gasteiger partial charge in [-0.15, -0.1) is 0 Å². The molecule has 5 atom stereocenters. The summed E-state index contributed by atoms with van der Waals surface area (Å²) in [4.78, 5) is 26.0. The number of likely N-dealkylation sites (N-methyl/N-ethyl adjacent to an activating group) is 1. The van der Waals surface area contributed by atoms with Gasteiger partial charge >= 0.3 is 12.0 Å². The van der Waals surface area contributed by atoms with Gasteiger partial charge in [0, 0.05) is 31.1 Å². The molecule has 2 amide bonds. The van der Waals surface area contributed by atoms with E-state index in [-0.39, 0.29) is 44.6 Å². The predicted molar refractivity (Wildman–Crippen MR) is 191 cm³/mol. The normalized spacial score (nSPS) is 18.6. The van der Waals surface area contributed by atoms with E-state index in [4.69, 9.17) is 14.2 Å². The van der Waals surface area contributed by atoms with Gasteiger partial charge < -0.3 is 35.1 Å². The van der Waals surface area contributed by atoms with E-state index in [0.29, 0.717) is 13.0 Å². The van der Waals surface area contributed by atoms with Crippen molar-refractivity contribution in [2.75, 3.05) is 26.7 Å². The van der Waals surface area contributed by atoms with Gasteiger partial charge in [-0.25, -0.2) is 4.79 Å². The van der Waals surface area contributed by atoms with Crippen LogP contribution < -0.4 is 10.6 Å². The number of benzene rings is 4. The molecule has 264 valence electrons. The molecule has 4 aromatic carbocycles. The van der Waals surface area contributed by atoms with Crippen molar-refractivity contribution < 1.29 is 34.0 Å². The summed E-state index contributed by atoms with van der Waals surface area (Å²) in [5, 5.41) is 26.0. The molecule has 0 saturated carbocycles. The van der Waals surface area contributed by atoms with E-state index in [9.17, 15) is 19.8 Å². The second-order valence-electron chi connectivity index (χ2n) is 12.5. The molecule has 0 radical (unpaired) electrons. The first-order chi connectivity index (χ1) is 24.2. The number of aliphatic hydroxyl groups is 2. The highest BCUT2D eigenvalue weighted by Gasteiger charge is 2.34. The number of nitrogens with zero attached hydrogens (tertiary/aromatic N) is 1. The molecule has 0 aromatic heterocycles.